The molecule has 0 radical (unpaired) electrons. The molecule has 2 fully saturated rings. The van der Waals surface area contributed by atoms with Crippen molar-refractivity contribution in [2.75, 3.05) is 37.6 Å². The van der Waals surface area contributed by atoms with Gasteiger partial charge >= 0.3 is 0 Å². The van der Waals surface area contributed by atoms with Crippen molar-refractivity contribution in [3.63, 3.8) is 0 Å². The largest absolute Gasteiger partial charge is 0.341 e. The van der Waals surface area contributed by atoms with E-state index in [1.165, 1.54) is 22.1 Å². The highest BCUT2D eigenvalue weighted by molar-refractivity contribution is 6.00. The number of benzene rings is 2. The molecule has 2 amide bonds. The van der Waals surface area contributed by atoms with Gasteiger partial charge in [0.05, 0.1) is 11.6 Å². The maximum atomic E-state index is 14.1. The average Bonchev–Trinajstić information content (AvgIpc) is 2.97. The van der Waals surface area contributed by atoms with Crippen LogP contribution in [0.5, 0.6) is 0 Å². The number of carbonyl (C=O) groups is 2. The molecule has 1 unspecified atom stereocenters. The summed E-state index contributed by atoms with van der Waals surface area (Å²) in [5, 5.41) is 0. The molecule has 164 valence electrons. The lowest BCUT2D eigenvalue weighted by Crippen LogP contribution is -2.40. The minimum atomic E-state index is -0.789. The normalized spacial score (nSPS) is 20.2. The fourth-order valence-electron chi connectivity index (χ4n) is 4.44. The molecule has 0 aromatic heterocycles. The maximum Gasteiger partial charge on any atom is 0.228 e. The maximum absolute atomic E-state index is 14.1. The number of carbonyl (C=O) groups excluding carboxylic acids is 2. The van der Waals surface area contributed by atoms with E-state index < -0.39 is 17.6 Å². The van der Waals surface area contributed by atoms with Gasteiger partial charge in [0.15, 0.2) is 0 Å². The van der Waals surface area contributed by atoms with Gasteiger partial charge in [-0.1, -0.05) is 24.3 Å². The summed E-state index contributed by atoms with van der Waals surface area (Å²) < 4.78 is 27.3. The van der Waals surface area contributed by atoms with Crippen molar-refractivity contribution >= 4 is 17.5 Å². The quantitative estimate of drug-likeness (QED) is 0.752. The van der Waals surface area contributed by atoms with Crippen LogP contribution in [0.1, 0.15) is 24.0 Å². The van der Waals surface area contributed by atoms with Crippen molar-refractivity contribution in [1.29, 1.82) is 0 Å². The van der Waals surface area contributed by atoms with Gasteiger partial charge in [0.1, 0.15) is 11.6 Å². The smallest absolute Gasteiger partial charge is 0.228 e. The van der Waals surface area contributed by atoms with Crippen LogP contribution in [0.4, 0.5) is 14.5 Å². The standard InChI is InChI=1S/C24H27F2N3O2/c1-17-5-2-3-6-18(17)15-27-9-4-10-28(12-11-27)24(31)19-13-23(30)29(16-19)22-8-7-20(25)14-21(22)26/h2-3,5-8,14,19H,4,9-13,15-16H2,1H3. The average molecular weight is 427 g/mol. The molecule has 2 saturated heterocycles. The highest BCUT2D eigenvalue weighted by atomic mass is 19.1. The molecule has 0 spiro atoms. The number of hydrogen-bond acceptors (Lipinski definition) is 3. The van der Waals surface area contributed by atoms with Gasteiger partial charge in [-0.05, 0) is 36.6 Å². The Hall–Kier alpha value is -2.80. The van der Waals surface area contributed by atoms with Crippen LogP contribution in [-0.4, -0.2) is 54.3 Å². The second kappa shape index (κ2) is 9.14. The number of halogens is 2. The number of amides is 2. The van der Waals surface area contributed by atoms with Crippen LogP contribution in [0, 0.1) is 24.5 Å². The summed E-state index contributed by atoms with van der Waals surface area (Å²) in [6.07, 6.45) is 0.924. The fourth-order valence-corrected chi connectivity index (χ4v) is 4.44. The van der Waals surface area contributed by atoms with Crippen LogP contribution in [0.15, 0.2) is 42.5 Å². The third kappa shape index (κ3) is 4.77. The van der Waals surface area contributed by atoms with E-state index in [2.05, 4.69) is 24.0 Å². The van der Waals surface area contributed by atoms with Crippen molar-refractivity contribution in [2.45, 2.75) is 26.3 Å². The first-order valence-electron chi connectivity index (χ1n) is 10.7. The molecule has 0 bridgehead atoms. The van der Waals surface area contributed by atoms with Crippen molar-refractivity contribution < 1.29 is 18.4 Å². The lowest BCUT2D eigenvalue weighted by atomic mass is 10.1. The molecule has 31 heavy (non-hydrogen) atoms. The lowest BCUT2D eigenvalue weighted by molar-refractivity contribution is -0.135. The van der Waals surface area contributed by atoms with Gasteiger partial charge in [-0.25, -0.2) is 8.78 Å². The molecule has 2 aromatic rings. The highest BCUT2D eigenvalue weighted by Gasteiger charge is 2.38. The number of hydrogen-bond donors (Lipinski definition) is 0. The zero-order valence-electron chi connectivity index (χ0n) is 17.7. The van der Waals surface area contributed by atoms with Crippen LogP contribution in [-0.2, 0) is 16.1 Å². The molecule has 0 aliphatic carbocycles. The third-order valence-electron chi connectivity index (χ3n) is 6.23. The fraction of sp³-hybridized carbons (Fsp3) is 0.417. The van der Waals surface area contributed by atoms with Gasteiger partial charge < -0.3 is 9.80 Å². The predicted octanol–water partition coefficient (Wildman–Crippen LogP) is 3.36. The summed E-state index contributed by atoms with van der Waals surface area (Å²) in [5.74, 6) is -2.35. The summed E-state index contributed by atoms with van der Waals surface area (Å²) in [4.78, 5) is 31.0. The topological polar surface area (TPSA) is 43.9 Å². The Morgan fingerprint density at radius 3 is 2.65 bits per heavy atom. The van der Waals surface area contributed by atoms with E-state index in [4.69, 9.17) is 0 Å². The van der Waals surface area contributed by atoms with Gasteiger partial charge in [-0.2, -0.15) is 0 Å². The monoisotopic (exact) mass is 427 g/mol. The zero-order valence-corrected chi connectivity index (χ0v) is 17.7. The number of rotatable bonds is 4. The van der Waals surface area contributed by atoms with E-state index in [1.54, 1.807) is 0 Å². The van der Waals surface area contributed by atoms with Crippen molar-refractivity contribution in [3.05, 3.63) is 65.2 Å². The minimum Gasteiger partial charge on any atom is -0.341 e. The molecule has 0 saturated carbocycles. The van der Waals surface area contributed by atoms with E-state index >= 15 is 0 Å². The number of nitrogens with zero attached hydrogens (tertiary/aromatic N) is 3. The van der Waals surface area contributed by atoms with E-state index in [0.29, 0.717) is 13.1 Å². The SMILES string of the molecule is Cc1ccccc1CN1CCCN(C(=O)C2CC(=O)N(c3ccc(F)cc3F)C2)CC1. The summed E-state index contributed by atoms with van der Waals surface area (Å²) in [6, 6.07) is 11.5. The second-order valence-electron chi connectivity index (χ2n) is 8.38. The van der Waals surface area contributed by atoms with Crippen molar-refractivity contribution in [1.82, 2.24) is 9.80 Å². The van der Waals surface area contributed by atoms with E-state index in [1.807, 2.05) is 17.0 Å². The summed E-state index contributed by atoms with van der Waals surface area (Å²) >= 11 is 0. The highest BCUT2D eigenvalue weighted by Crippen LogP contribution is 2.29. The van der Waals surface area contributed by atoms with Gasteiger partial charge in [-0.3, -0.25) is 14.5 Å². The van der Waals surface area contributed by atoms with Crippen LogP contribution < -0.4 is 4.90 Å². The summed E-state index contributed by atoms with van der Waals surface area (Å²) in [7, 11) is 0. The molecular formula is C24H27F2N3O2. The van der Waals surface area contributed by atoms with Crippen LogP contribution in [0.25, 0.3) is 0 Å². The molecule has 5 nitrogen and oxygen atoms in total. The summed E-state index contributed by atoms with van der Waals surface area (Å²) in [5.41, 5.74) is 2.58. The molecule has 0 N–H and O–H groups in total. The molecule has 2 aliphatic rings. The van der Waals surface area contributed by atoms with Crippen molar-refractivity contribution in [2.24, 2.45) is 5.92 Å². The molecule has 2 aromatic carbocycles. The molecular weight excluding hydrogens is 400 g/mol. The van der Waals surface area contributed by atoms with Gasteiger partial charge in [0.25, 0.3) is 0 Å². The third-order valence-corrected chi connectivity index (χ3v) is 6.23. The molecule has 2 heterocycles. The Balaban J connectivity index is 1.37. The van der Waals surface area contributed by atoms with Gasteiger partial charge in [-0.15, -0.1) is 0 Å². The zero-order chi connectivity index (χ0) is 22.0. The number of anilines is 1. The second-order valence-corrected chi connectivity index (χ2v) is 8.38. The molecule has 2 aliphatic heterocycles. The van der Waals surface area contributed by atoms with Gasteiger partial charge in [0, 0.05) is 51.8 Å². The van der Waals surface area contributed by atoms with Crippen molar-refractivity contribution in [3.8, 4) is 0 Å². The first kappa shape index (κ1) is 21.4. The summed E-state index contributed by atoms with van der Waals surface area (Å²) in [6.45, 7) is 6.04. The lowest BCUT2D eigenvalue weighted by Gasteiger charge is -2.25. The van der Waals surface area contributed by atoms with E-state index in [0.717, 1.165) is 38.2 Å². The molecule has 4 rings (SSSR count). The number of aryl methyl sites for hydroxylation is 1. The Morgan fingerprint density at radius 2 is 1.87 bits per heavy atom. The van der Waals surface area contributed by atoms with Crippen LogP contribution in [0.2, 0.25) is 0 Å². The first-order chi connectivity index (χ1) is 14.9. The van der Waals surface area contributed by atoms with Crippen LogP contribution >= 0.6 is 0 Å². The Kier molecular flexibility index (Phi) is 6.32. The predicted molar refractivity (Wildman–Crippen MR) is 114 cm³/mol. The Labute approximate surface area is 181 Å². The Bertz CT molecular complexity index is 981. The van der Waals surface area contributed by atoms with Crippen LogP contribution in [0.3, 0.4) is 0 Å². The minimum absolute atomic E-state index is 0.0296. The molecule has 1 atom stereocenters. The Morgan fingerprint density at radius 1 is 1.06 bits per heavy atom. The first-order valence-corrected chi connectivity index (χ1v) is 10.7. The molecule has 7 heteroatoms. The van der Waals surface area contributed by atoms with E-state index in [-0.39, 0.29) is 30.5 Å². The van der Waals surface area contributed by atoms with Gasteiger partial charge in [0.2, 0.25) is 11.8 Å². The van der Waals surface area contributed by atoms with E-state index in [9.17, 15) is 18.4 Å².